The summed E-state index contributed by atoms with van der Waals surface area (Å²) in [6, 6.07) is 11.4. The number of hydrogen-bond donors (Lipinski definition) is 0. The van der Waals surface area contributed by atoms with E-state index in [1.165, 1.54) is 17.3 Å². The fraction of sp³-hybridized carbons (Fsp3) is 0.375. The predicted molar refractivity (Wildman–Crippen MR) is 125 cm³/mol. The Kier molecular flexibility index (Phi) is 7.10. The molecule has 0 fully saturated rings. The smallest absolute Gasteiger partial charge is 0.262 e. The summed E-state index contributed by atoms with van der Waals surface area (Å²) in [5.41, 5.74) is 4.65. The largest absolute Gasteiger partial charge is 0.309 e. The number of carbonyl (C=O) groups excluding carboxylic acids is 1. The Morgan fingerprint density at radius 3 is 2.50 bits per heavy atom. The molecule has 0 amide bonds. The van der Waals surface area contributed by atoms with Crippen LogP contribution in [0.1, 0.15) is 33.5 Å². The average molecular weight is 424 g/mol. The molecule has 3 rings (SSSR count). The summed E-state index contributed by atoms with van der Waals surface area (Å²) >= 11 is 1.35. The van der Waals surface area contributed by atoms with Crippen LogP contribution in [0, 0.1) is 20.8 Å². The van der Waals surface area contributed by atoms with E-state index in [1.807, 2.05) is 58.3 Å². The van der Waals surface area contributed by atoms with Crippen LogP contribution in [0.15, 0.2) is 46.3 Å². The van der Waals surface area contributed by atoms with E-state index < -0.39 is 0 Å². The van der Waals surface area contributed by atoms with E-state index in [2.05, 4.69) is 17.9 Å². The first-order valence-electron chi connectivity index (χ1n) is 10.2. The third-order valence-electron chi connectivity index (χ3n) is 5.29. The van der Waals surface area contributed by atoms with Crippen LogP contribution < -0.4 is 5.56 Å². The lowest BCUT2D eigenvalue weighted by atomic mass is 9.99. The summed E-state index contributed by atoms with van der Waals surface area (Å²) < 4.78 is 1.72. The van der Waals surface area contributed by atoms with Crippen LogP contribution in [0.2, 0.25) is 0 Å². The Morgan fingerprint density at radius 1 is 1.07 bits per heavy atom. The number of rotatable bonds is 8. The number of thioether (sulfide) groups is 1. The van der Waals surface area contributed by atoms with Gasteiger partial charge in [-0.15, -0.1) is 0 Å². The van der Waals surface area contributed by atoms with Crippen molar-refractivity contribution in [3.8, 4) is 0 Å². The second-order valence-electron chi connectivity index (χ2n) is 7.99. The van der Waals surface area contributed by atoms with Crippen LogP contribution in [-0.2, 0) is 6.54 Å². The lowest BCUT2D eigenvalue weighted by Crippen LogP contribution is -2.25. The normalized spacial score (nSPS) is 11.4. The van der Waals surface area contributed by atoms with Gasteiger partial charge in [-0.25, -0.2) is 4.98 Å². The molecule has 0 aliphatic carbocycles. The van der Waals surface area contributed by atoms with Gasteiger partial charge in [-0.1, -0.05) is 30.0 Å². The molecule has 0 aliphatic heterocycles. The lowest BCUT2D eigenvalue weighted by molar-refractivity contribution is 0.102. The molecule has 2 aromatic carbocycles. The summed E-state index contributed by atoms with van der Waals surface area (Å²) in [5, 5.41) is 1.22. The molecule has 5 nitrogen and oxygen atoms in total. The van der Waals surface area contributed by atoms with Crippen LogP contribution in [0.3, 0.4) is 0 Å². The van der Waals surface area contributed by atoms with Gasteiger partial charge < -0.3 is 4.90 Å². The number of hydrogen-bond acceptors (Lipinski definition) is 5. The standard InChI is InChI=1S/C24H29N3O2S/c1-16-13-18(3)20(14-17(16)2)22(28)15-30-24-25-21-10-7-6-9-19(21)23(29)27(24)12-8-11-26(4)5/h6-7,9-10,13-14H,8,11-12,15H2,1-5H3. The van der Waals surface area contributed by atoms with Crippen LogP contribution in [-0.4, -0.2) is 46.6 Å². The van der Waals surface area contributed by atoms with Crippen molar-refractivity contribution >= 4 is 28.4 Å². The highest BCUT2D eigenvalue weighted by atomic mass is 32.2. The maximum Gasteiger partial charge on any atom is 0.262 e. The zero-order valence-electron chi connectivity index (χ0n) is 18.4. The van der Waals surface area contributed by atoms with E-state index in [1.54, 1.807) is 4.57 Å². The first-order chi connectivity index (χ1) is 14.3. The molecule has 0 atom stereocenters. The Labute approximate surface area is 182 Å². The van der Waals surface area contributed by atoms with E-state index in [0.717, 1.165) is 29.7 Å². The molecule has 0 radical (unpaired) electrons. The molecule has 158 valence electrons. The van der Waals surface area contributed by atoms with Crippen molar-refractivity contribution in [3.05, 3.63) is 69.0 Å². The molecule has 1 heterocycles. The quantitative estimate of drug-likeness (QED) is 0.308. The van der Waals surface area contributed by atoms with Gasteiger partial charge in [0.15, 0.2) is 10.9 Å². The van der Waals surface area contributed by atoms with Crippen molar-refractivity contribution in [2.75, 3.05) is 26.4 Å². The third-order valence-corrected chi connectivity index (χ3v) is 6.26. The van der Waals surface area contributed by atoms with Gasteiger partial charge >= 0.3 is 0 Å². The van der Waals surface area contributed by atoms with Gasteiger partial charge in [-0.05, 0) is 82.7 Å². The maximum absolute atomic E-state index is 13.1. The van der Waals surface area contributed by atoms with E-state index >= 15 is 0 Å². The van der Waals surface area contributed by atoms with E-state index in [4.69, 9.17) is 4.98 Å². The molecule has 0 saturated carbocycles. The second-order valence-corrected chi connectivity index (χ2v) is 8.93. The molecule has 1 aromatic heterocycles. The predicted octanol–water partition coefficient (Wildman–Crippen LogP) is 4.25. The molecule has 3 aromatic rings. The van der Waals surface area contributed by atoms with Crippen LogP contribution in [0.4, 0.5) is 0 Å². The zero-order chi connectivity index (χ0) is 21.8. The summed E-state index contributed by atoms with van der Waals surface area (Å²) in [7, 11) is 4.03. The van der Waals surface area contributed by atoms with Gasteiger partial charge in [0, 0.05) is 12.1 Å². The molecule has 0 aliphatic rings. The number of ketones is 1. The van der Waals surface area contributed by atoms with Gasteiger partial charge in [0.25, 0.3) is 5.56 Å². The highest BCUT2D eigenvalue weighted by molar-refractivity contribution is 7.99. The number of nitrogens with zero attached hydrogens (tertiary/aromatic N) is 3. The van der Waals surface area contributed by atoms with Crippen LogP contribution in [0.25, 0.3) is 10.9 Å². The minimum Gasteiger partial charge on any atom is -0.309 e. The number of fused-ring (bicyclic) bond motifs is 1. The Bertz CT molecular complexity index is 1140. The number of aryl methyl sites for hydroxylation is 3. The lowest BCUT2D eigenvalue weighted by Gasteiger charge is -2.15. The fourth-order valence-electron chi connectivity index (χ4n) is 3.47. The maximum atomic E-state index is 13.1. The van der Waals surface area contributed by atoms with Gasteiger partial charge in [-0.2, -0.15) is 0 Å². The summed E-state index contributed by atoms with van der Waals surface area (Å²) in [6.45, 7) is 7.50. The average Bonchev–Trinajstić information content (AvgIpc) is 2.70. The Morgan fingerprint density at radius 2 is 1.77 bits per heavy atom. The van der Waals surface area contributed by atoms with Gasteiger partial charge in [0.2, 0.25) is 0 Å². The number of para-hydroxylation sites is 1. The molecule has 0 saturated heterocycles. The van der Waals surface area contributed by atoms with Crippen molar-refractivity contribution in [1.29, 1.82) is 0 Å². The number of aromatic nitrogens is 2. The van der Waals surface area contributed by atoms with Gasteiger partial charge in [0.1, 0.15) is 0 Å². The Balaban J connectivity index is 1.89. The highest BCUT2D eigenvalue weighted by Gasteiger charge is 2.16. The minimum atomic E-state index is -0.0448. The van der Waals surface area contributed by atoms with Gasteiger partial charge in [0.05, 0.1) is 16.7 Å². The molecule has 0 N–H and O–H groups in total. The number of benzene rings is 2. The van der Waals surface area contributed by atoms with E-state index in [0.29, 0.717) is 22.6 Å². The summed E-state index contributed by atoms with van der Waals surface area (Å²) in [4.78, 5) is 32.8. The summed E-state index contributed by atoms with van der Waals surface area (Å²) in [5.74, 6) is 0.310. The first kappa shape index (κ1) is 22.2. The monoisotopic (exact) mass is 423 g/mol. The molecule has 0 bridgehead atoms. The molecule has 0 spiro atoms. The fourth-order valence-corrected chi connectivity index (χ4v) is 4.38. The van der Waals surface area contributed by atoms with E-state index in [9.17, 15) is 9.59 Å². The van der Waals surface area contributed by atoms with Crippen molar-refractivity contribution in [1.82, 2.24) is 14.5 Å². The third kappa shape index (κ3) is 4.99. The topological polar surface area (TPSA) is 55.2 Å². The highest BCUT2D eigenvalue weighted by Crippen LogP contribution is 2.22. The summed E-state index contributed by atoms with van der Waals surface area (Å²) in [6.07, 6.45) is 0.838. The first-order valence-corrected chi connectivity index (χ1v) is 11.1. The number of carbonyl (C=O) groups is 1. The van der Waals surface area contributed by atoms with Crippen molar-refractivity contribution in [2.45, 2.75) is 38.9 Å². The van der Waals surface area contributed by atoms with E-state index in [-0.39, 0.29) is 17.1 Å². The SMILES string of the molecule is Cc1cc(C)c(C(=O)CSc2nc3ccccc3c(=O)n2CCCN(C)C)cc1C. The molecular formula is C24H29N3O2S. The van der Waals surface area contributed by atoms with Gasteiger partial charge in [-0.3, -0.25) is 14.2 Å². The van der Waals surface area contributed by atoms with Crippen LogP contribution in [0.5, 0.6) is 0 Å². The van der Waals surface area contributed by atoms with Crippen LogP contribution >= 0.6 is 11.8 Å². The Hall–Kier alpha value is -2.44. The van der Waals surface area contributed by atoms with Crippen molar-refractivity contribution in [3.63, 3.8) is 0 Å². The molecule has 6 heteroatoms. The molecule has 0 unspecified atom stereocenters. The van der Waals surface area contributed by atoms with Crippen molar-refractivity contribution in [2.24, 2.45) is 0 Å². The minimum absolute atomic E-state index is 0.0448. The number of Topliss-reactive ketones (excluding diaryl/α,β-unsaturated/α-hetero) is 1. The molecule has 30 heavy (non-hydrogen) atoms. The molecular weight excluding hydrogens is 394 g/mol. The second kappa shape index (κ2) is 9.58. The zero-order valence-corrected chi connectivity index (χ0v) is 19.2. The van der Waals surface area contributed by atoms with Crippen molar-refractivity contribution < 1.29 is 4.79 Å².